The molecule has 0 saturated heterocycles. The molecule has 0 aliphatic heterocycles. The van der Waals surface area contributed by atoms with Gasteiger partial charge in [-0.3, -0.25) is 4.79 Å². The Morgan fingerprint density at radius 3 is 2.57 bits per heavy atom. The van der Waals surface area contributed by atoms with Crippen LogP contribution in [0.1, 0.15) is 45.1 Å². The minimum absolute atomic E-state index is 0.213. The Bertz CT molecular complexity index is 490. The molecule has 1 aromatic rings. The molecule has 0 aromatic heterocycles. The molecule has 116 valence electrons. The average molecular weight is 288 g/mol. The van der Waals surface area contributed by atoms with Gasteiger partial charge >= 0.3 is 0 Å². The highest BCUT2D eigenvalue weighted by Gasteiger charge is 2.42. The zero-order valence-electron chi connectivity index (χ0n) is 13.6. The van der Waals surface area contributed by atoms with Gasteiger partial charge in [-0.15, -0.1) is 0 Å². The van der Waals surface area contributed by atoms with Crippen LogP contribution in [0.3, 0.4) is 0 Å². The van der Waals surface area contributed by atoms with Crippen molar-refractivity contribution >= 4 is 11.6 Å². The number of anilines is 1. The molecule has 1 aliphatic carbocycles. The Morgan fingerprint density at radius 1 is 1.38 bits per heavy atom. The summed E-state index contributed by atoms with van der Waals surface area (Å²) in [7, 11) is 0. The molecule has 0 heterocycles. The van der Waals surface area contributed by atoms with Crippen LogP contribution < -0.4 is 10.6 Å². The third-order valence-corrected chi connectivity index (χ3v) is 4.95. The molecule has 0 spiro atoms. The molecule has 1 aromatic carbocycles. The Hall–Kier alpha value is -1.35. The second-order valence-electron chi connectivity index (χ2n) is 6.56. The van der Waals surface area contributed by atoms with Crippen LogP contribution in [0.25, 0.3) is 0 Å². The fraction of sp³-hybridized carbons (Fsp3) is 0.611. The monoisotopic (exact) mass is 288 g/mol. The van der Waals surface area contributed by atoms with Crippen LogP contribution in [-0.4, -0.2) is 19.0 Å². The molecule has 1 fully saturated rings. The lowest BCUT2D eigenvalue weighted by atomic mass is 9.70. The highest BCUT2D eigenvalue weighted by Crippen LogP contribution is 2.40. The van der Waals surface area contributed by atoms with E-state index in [0.29, 0.717) is 19.0 Å². The molecule has 21 heavy (non-hydrogen) atoms. The SMILES string of the molecule is CCN(C(=O)C1(CN)CCC(C)CC1)c1cccc(C)c1. The van der Waals surface area contributed by atoms with Crippen molar-refractivity contribution in [3.8, 4) is 0 Å². The van der Waals surface area contributed by atoms with Gasteiger partial charge in [0.15, 0.2) is 0 Å². The van der Waals surface area contributed by atoms with Crippen LogP contribution in [0.4, 0.5) is 5.69 Å². The number of hydrogen-bond donors (Lipinski definition) is 1. The molecule has 1 aliphatic rings. The molecule has 1 amide bonds. The number of rotatable bonds is 4. The quantitative estimate of drug-likeness (QED) is 0.921. The number of carbonyl (C=O) groups excluding carboxylic acids is 1. The lowest BCUT2D eigenvalue weighted by molar-refractivity contribution is -0.130. The summed E-state index contributed by atoms with van der Waals surface area (Å²) in [6.45, 7) is 7.52. The fourth-order valence-electron chi connectivity index (χ4n) is 3.35. The third kappa shape index (κ3) is 3.29. The zero-order valence-corrected chi connectivity index (χ0v) is 13.6. The van der Waals surface area contributed by atoms with Crippen LogP contribution >= 0.6 is 0 Å². The molecule has 3 nitrogen and oxygen atoms in total. The van der Waals surface area contributed by atoms with Crippen molar-refractivity contribution in [2.75, 3.05) is 18.0 Å². The van der Waals surface area contributed by atoms with Gasteiger partial charge in [0, 0.05) is 18.8 Å². The van der Waals surface area contributed by atoms with Gasteiger partial charge in [0.05, 0.1) is 5.41 Å². The summed E-state index contributed by atoms with van der Waals surface area (Å²) in [6, 6.07) is 8.17. The minimum Gasteiger partial charge on any atom is -0.329 e. The normalized spacial score (nSPS) is 25.6. The maximum absolute atomic E-state index is 13.1. The summed E-state index contributed by atoms with van der Waals surface area (Å²) in [4.78, 5) is 15.1. The van der Waals surface area contributed by atoms with E-state index in [1.807, 2.05) is 24.0 Å². The van der Waals surface area contributed by atoms with Gasteiger partial charge in [0.1, 0.15) is 0 Å². The number of benzene rings is 1. The molecule has 0 atom stereocenters. The van der Waals surface area contributed by atoms with Crippen LogP contribution in [-0.2, 0) is 4.79 Å². The Balaban J connectivity index is 2.26. The summed E-state index contributed by atoms with van der Waals surface area (Å²) in [5.74, 6) is 0.927. The number of nitrogens with zero attached hydrogens (tertiary/aromatic N) is 1. The van der Waals surface area contributed by atoms with E-state index in [-0.39, 0.29) is 11.3 Å². The molecular weight excluding hydrogens is 260 g/mol. The van der Waals surface area contributed by atoms with Gasteiger partial charge in [-0.25, -0.2) is 0 Å². The van der Waals surface area contributed by atoms with Crippen molar-refractivity contribution in [1.82, 2.24) is 0 Å². The number of carbonyl (C=O) groups is 1. The summed E-state index contributed by atoms with van der Waals surface area (Å²) in [5.41, 5.74) is 7.86. The lowest BCUT2D eigenvalue weighted by Gasteiger charge is -2.40. The zero-order chi connectivity index (χ0) is 15.5. The first kappa shape index (κ1) is 16.0. The Morgan fingerprint density at radius 2 is 2.05 bits per heavy atom. The van der Waals surface area contributed by atoms with Gasteiger partial charge in [-0.1, -0.05) is 19.1 Å². The maximum atomic E-state index is 13.1. The van der Waals surface area contributed by atoms with E-state index in [9.17, 15) is 4.79 Å². The molecular formula is C18H28N2O. The Kier molecular flexibility index (Phi) is 5.04. The maximum Gasteiger partial charge on any atom is 0.234 e. The minimum atomic E-state index is -0.355. The van der Waals surface area contributed by atoms with Gasteiger partial charge in [0.25, 0.3) is 0 Å². The summed E-state index contributed by atoms with van der Waals surface area (Å²) < 4.78 is 0. The van der Waals surface area contributed by atoms with E-state index < -0.39 is 0 Å². The van der Waals surface area contributed by atoms with E-state index in [2.05, 4.69) is 26.0 Å². The van der Waals surface area contributed by atoms with E-state index in [4.69, 9.17) is 5.73 Å². The van der Waals surface area contributed by atoms with Crippen LogP contribution in [0, 0.1) is 18.3 Å². The average Bonchev–Trinajstić information content (AvgIpc) is 2.49. The highest BCUT2D eigenvalue weighted by atomic mass is 16.2. The second-order valence-corrected chi connectivity index (χ2v) is 6.56. The van der Waals surface area contributed by atoms with Crippen molar-refractivity contribution in [3.63, 3.8) is 0 Å². The number of aryl methyl sites for hydroxylation is 1. The summed E-state index contributed by atoms with van der Waals surface area (Å²) in [5, 5.41) is 0. The van der Waals surface area contributed by atoms with Gasteiger partial charge in [0.2, 0.25) is 5.91 Å². The molecule has 2 rings (SSSR count). The first-order chi connectivity index (χ1) is 10.0. The smallest absolute Gasteiger partial charge is 0.234 e. The second kappa shape index (κ2) is 6.61. The number of hydrogen-bond acceptors (Lipinski definition) is 2. The van der Waals surface area contributed by atoms with E-state index >= 15 is 0 Å². The van der Waals surface area contributed by atoms with Crippen molar-refractivity contribution < 1.29 is 4.79 Å². The van der Waals surface area contributed by atoms with E-state index in [0.717, 1.165) is 31.4 Å². The van der Waals surface area contributed by atoms with E-state index in [1.54, 1.807) is 0 Å². The molecule has 0 bridgehead atoms. The number of nitrogens with two attached hydrogens (primary N) is 1. The molecule has 0 unspecified atom stereocenters. The van der Waals surface area contributed by atoms with Gasteiger partial charge in [-0.2, -0.15) is 0 Å². The fourth-order valence-corrected chi connectivity index (χ4v) is 3.35. The predicted octanol–water partition coefficient (Wildman–Crippen LogP) is 3.50. The lowest BCUT2D eigenvalue weighted by Crippen LogP contribution is -2.50. The Labute approximate surface area is 128 Å². The van der Waals surface area contributed by atoms with Crippen molar-refractivity contribution in [3.05, 3.63) is 29.8 Å². The van der Waals surface area contributed by atoms with Gasteiger partial charge in [-0.05, 0) is 63.1 Å². The molecule has 2 N–H and O–H groups in total. The van der Waals surface area contributed by atoms with Crippen molar-refractivity contribution in [2.24, 2.45) is 17.1 Å². The van der Waals surface area contributed by atoms with Crippen LogP contribution in [0.15, 0.2) is 24.3 Å². The van der Waals surface area contributed by atoms with Crippen molar-refractivity contribution in [2.45, 2.75) is 46.5 Å². The largest absolute Gasteiger partial charge is 0.329 e. The summed E-state index contributed by atoms with van der Waals surface area (Å²) in [6.07, 6.45) is 4.06. The molecule has 1 saturated carbocycles. The van der Waals surface area contributed by atoms with Gasteiger partial charge < -0.3 is 10.6 Å². The first-order valence-electron chi connectivity index (χ1n) is 8.11. The predicted molar refractivity (Wildman–Crippen MR) is 88.3 cm³/mol. The first-order valence-corrected chi connectivity index (χ1v) is 8.11. The summed E-state index contributed by atoms with van der Waals surface area (Å²) >= 11 is 0. The molecule has 3 heteroatoms. The van der Waals surface area contributed by atoms with E-state index in [1.165, 1.54) is 5.56 Å². The van der Waals surface area contributed by atoms with Crippen LogP contribution in [0.2, 0.25) is 0 Å². The topological polar surface area (TPSA) is 46.3 Å². The van der Waals surface area contributed by atoms with Crippen LogP contribution in [0.5, 0.6) is 0 Å². The van der Waals surface area contributed by atoms with Crippen molar-refractivity contribution in [1.29, 1.82) is 0 Å². The molecule has 0 radical (unpaired) electrons. The third-order valence-electron chi connectivity index (χ3n) is 4.95. The number of amides is 1. The highest BCUT2D eigenvalue weighted by molar-refractivity contribution is 5.97. The standard InChI is InChI=1S/C18H28N2O/c1-4-20(16-7-5-6-15(3)12-16)17(21)18(13-19)10-8-14(2)9-11-18/h5-7,12,14H,4,8-11,13,19H2,1-3H3.